The van der Waals surface area contributed by atoms with Crippen molar-refractivity contribution < 1.29 is 18.7 Å². The number of amides is 1. The molecule has 1 aromatic heterocycles. The summed E-state index contributed by atoms with van der Waals surface area (Å²) in [5.41, 5.74) is 1.43. The van der Waals surface area contributed by atoms with Gasteiger partial charge in [-0.25, -0.2) is 4.39 Å². The van der Waals surface area contributed by atoms with Crippen LogP contribution in [-0.2, 0) is 11.3 Å². The van der Waals surface area contributed by atoms with E-state index in [4.69, 9.17) is 4.42 Å². The van der Waals surface area contributed by atoms with Gasteiger partial charge < -0.3 is 20.2 Å². The van der Waals surface area contributed by atoms with Crippen LogP contribution in [0.1, 0.15) is 17.7 Å². The number of hydrogen-bond acceptors (Lipinski definition) is 4. The number of rotatable bonds is 3. The zero-order valence-corrected chi connectivity index (χ0v) is 12.9. The quantitative estimate of drug-likeness (QED) is 0.801. The maximum Gasteiger partial charge on any atom is 0.237 e. The van der Waals surface area contributed by atoms with Gasteiger partial charge in [0.25, 0.3) is 0 Å². The molecule has 1 aromatic carbocycles. The fourth-order valence-corrected chi connectivity index (χ4v) is 2.62. The summed E-state index contributed by atoms with van der Waals surface area (Å²) in [5.74, 6) is 0.131. The predicted octanol–water partition coefficient (Wildman–Crippen LogP) is 1.64. The second-order valence-corrected chi connectivity index (χ2v) is 5.36. The zero-order chi connectivity index (χ0) is 15.0. The number of benzene rings is 1. The molecule has 0 aliphatic carbocycles. The van der Waals surface area contributed by atoms with Crippen LogP contribution in [0.25, 0.3) is 11.0 Å². The summed E-state index contributed by atoms with van der Waals surface area (Å²) in [4.78, 5) is 12.0. The maximum absolute atomic E-state index is 13.2. The number of aryl methyl sites for hydroxylation is 1. The summed E-state index contributed by atoms with van der Waals surface area (Å²) < 4.78 is 18.9. The standard InChI is InChI=1S/C15H17FN2O3.ClH/c1-8-11-4-9(16)2-3-13(11)21-14(8)7-18-15(20)12-5-10(19)6-17-12;/h2-4,10,12,17,19H,5-7H2,1H3,(H,18,20);1H. The normalized spacial score (nSPS) is 20.9. The van der Waals surface area contributed by atoms with Crippen LogP contribution in [0.4, 0.5) is 4.39 Å². The summed E-state index contributed by atoms with van der Waals surface area (Å²) in [7, 11) is 0. The SMILES string of the molecule is Cc1c(CNC(=O)C2CC(O)CN2)oc2ccc(F)cc12.Cl. The van der Waals surface area contributed by atoms with Gasteiger partial charge in [0.15, 0.2) is 0 Å². The fraction of sp³-hybridized carbons (Fsp3) is 0.400. The van der Waals surface area contributed by atoms with Gasteiger partial charge >= 0.3 is 0 Å². The topological polar surface area (TPSA) is 74.5 Å². The van der Waals surface area contributed by atoms with Crippen molar-refractivity contribution in [1.29, 1.82) is 0 Å². The van der Waals surface area contributed by atoms with Crippen molar-refractivity contribution in [2.24, 2.45) is 0 Å². The van der Waals surface area contributed by atoms with E-state index in [-0.39, 0.29) is 36.7 Å². The number of carbonyl (C=O) groups is 1. The van der Waals surface area contributed by atoms with Gasteiger partial charge in [-0.2, -0.15) is 0 Å². The molecule has 22 heavy (non-hydrogen) atoms. The Kier molecular flexibility index (Phi) is 5.05. The third-order valence-electron chi connectivity index (χ3n) is 3.84. The highest BCUT2D eigenvalue weighted by molar-refractivity contribution is 5.85. The molecule has 1 saturated heterocycles. The third kappa shape index (κ3) is 3.24. The van der Waals surface area contributed by atoms with Gasteiger partial charge in [-0.1, -0.05) is 0 Å². The molecule has 3 N–H and O–H groups in total. The number of aliphatic hydroxyl groups is 1. The molecule has 2 aromatic rings. The van der Waals surface area contributed by atoms with Gasteiger partial charge in [0.05, 0.1) is 18.7 Å². The molecule has 2 unspecified atom stereocenters. The highest BCUT2D eigenvalue weighted by Crippen LogP contribution is 2.25. The molecule has 0 saturated carbocycles. The van der Waals surface area contributed by atoms with E-state index >= 15 is 0 Å². The van der Waals surface area contributed by atoms with Gasteiger partial charge in [0, 0.05) is 17.5 Å². The maximum atomic E-state index is 13.2. The van der Waals surface area contributed by atoms with Crippen molar-refractivity contribution in [2.45, 2.75) is 32.0 Å². The van der Waals surface area contributed by atoms with Gasteiger partial charge in [0.2, 0.25) is 5.91 Å². The number of aliphatic hydroxyl groups excluding tert-OH is 1. The van der Waals surface area contributed by atoms with Crippen molar-refractivity contribution >= 4 is 29.3 Å². The molecule has 1 amide bonds. The summed E-state index contributed by atoms with van der Waals surface area (Å²) in [6.07, 6.45) is -0.0625. The Morgan fingerprint density at radius 1 is 1.55 bits per heavy atom. The minimum atomic E-state index is -0.475. The van der Waals surface area contributed by atoms with E-state index in [1.165, 1.54) is 12.1 Å². The van der Waals surface area contributed by atoms with E-state index in [9.17, 15) is 14.3 Å². The van der Waals surface area contributed by atoms with Gasteiger partial charge in [-0.3, -0.25) is 4.79 Å². The third-order valence-corrected chi connectivity index (χ3v) is 3.84. The van der Waals surface area contributed by atoms with Crippen molar-refractivity contribution in [3.05, 3.63) is 35.3 Å². The first-order chi connectivity index (χ1) is 10.0. The van der Waals surface area contributed by atoms with Crippen molar-refractivity contribution in [1.82, 2.24) is 10.6 Å². The average Bonchev–Trinajstić information content (AvgIpc) is 3.02. The minimum Gasteiger partial charge on any atom is -0.459 e. The lowest BCUT2D eigenvalue weighted by atomic mass is 10.1. The molecule has 2 heterocycles. The number of hydrogen-bond donors (Lipinski definition) is 3. The molecule has 0 bridgehead atoms. The molecule has 3 rings (SSSR count). The van der Waals surface area contributed by atoms with Crippen LogP contribution >= 0.6 is 12.4 Å². The lowest BCUT2D eigenvalue weighted by Gasteiger charge is -2.10. The first-order valence-corrected chi connectivity index (χ1v) is 6.91. The highest BCUT2D eigenvalue weighted by Gasteiger charge is 2.28. The molecule has 1 aliphatic rings. The second kappa shape index (κ2) is 6.64. The van der Waals surface area contributed by atoms with Crippen LogP contribution in [0.3, 0.4) is 0 Å². The Morgan fingerprint density at radius 3 is 3.00 bits per heavy atom. The molecule has 1 fully saturated rings. The fourth-order valence-electron chi connectivity index (χ4n) is 2.62. The highest BCUT2D eigenvalue weighted by atomic mass is 35.5. The van der Waals surface area contributed by atoms with E-state index in [0.717, 1.165) is 5.56 Å². The Morgan fingerprint density at radius 2 is 2.32 bits per heavy atom. The number of carbonyl (C=O) groups excluding carboxylic acids is 1. The summed E-state index contributed by atoms with van der Waals surface area (Å²) in [5, 5.41) is 15.8. The summed E-state index contributed by atoms with van der Waals surface area (Å²) in [6, 6.07) is 3.98. The Labute approximate surface area is 133 Å². The molecule has 0 radical (unpaired) electrons. The molecule has 2 atom stereocenters. The number of furan rings is 1. The van der Waals surface area contributed by atoms with Gasteiger partial charge in [-0.05, 0) is 31.5 Å². The second-order valence-electron chi connectivity index (χ2n) is 5.36. The monoisotopic (exact) mass is 328 g/mol. The smallest absolute Gasteiger partial charge is 0.237 e. The number of β-amino-alcohol motifs (C(OH)–C–C–N with tert-alkyl or cyclic N) is 1. The summed E-state index contributed by atoms with van der Waals surface area (Å²) >= 11 is 0. The zero-order valence-electron chi connectivity index (χ0n) is 12.1. The largest absolute Gasteiger partial charge is 0.459 e. The van der Waals surface area contributed by atoms with Crippen LogP contribution in [0.15, 0.2) is 22.6 Å². The Balaban J connectivity index is 0.00000176. The molecular formula is C15H18ClFN2O3. The summed E-state index contributed by atoms with van der Waals surface area (Å²) in [6.45, 7) is 2.51. The minimum absolute atomic E-state index is 0. The number of nitrogens with one attached hydrogen (secondary N) is 2. The van der Waals surface area contributed by atoms with Crippen LogP contribution in [-0.4, -0.2) is 29.7 Å². The van der Waals surface area contributed by atoms with Gasteiger partial charge in [0.1, 0.15) is 17.2 Å². The number of fused-ring (bicyclic) bond motifs is 1. The molecular weight excluding hydrogens is 311 g/mol. The van der Waals surface area contributed by atoms with E-state index in [1.807, 2.05) is 6.92 Å². The van der Waals surface area contributed by atoms with E-state index < -0.39 is 6.10 Å². The van der Waals surface area contributed by atoms with Crippen LogP contribution in [0, 0.1) is 12.7 Å². The molecule has 5 nitrogen and oxygen atoms in total. The predicted molar refractivity (Wildman–Crippen MR) is 82.4 cm³/mol. The Hall–Kier alpha value is -1.63. The molecule has 0 spiro atoms. The first kappa shape index (κ1) is 16.7. The van der Waals surface area contributed by atoms with E-state index in [0.29, 0.717) is 29.7 Å². The lowest BCUT2D eigenvalue weighted by molar-refractivity contribution is -0.123. The van der Waals surface area contributed by atoms with E-state index in [2.05, 4.69) is 10.6 Å². The lowest BCUT2D eigenvalue weighted by Crippen LogP contribution is -2.40. The van der Waals surface area contributed by atoms with Crippen molar-refractivity contribution in [3.8, 4) is 0 Å². The van der Waals surface area contributed by atoms with Crippen LogP contribution in [0.5, 0.6) is 0 Å². The van der Waals surface area contributed by atoms with Gasteiger partial charge in [-0.15, -0.1) is 12.4 Å². The van der Waals surface area contributed by atoms with Crippen molar-refractivity contribution in [2.75, 3.05) is 6.54 Å². The first-order valence-electron chi connectivity index (χ1n) is 6.91. The van der Waals surface area contributed by atoms with Crippen LogP contribution in [0.2, 0.25) is 0 Å². The molecule has 7 heteroatoms. The van der Waals surface area contributed by atoms with Crippen molar-refractivity contribution in [3.63, 3.8) is 0 Å². The molecule has 120 valence electrons. The number of halogens is 2. The average molecular weight is 329 g/mol. The Bertz CT molecular complexity index is 689. The van der Waals surface area contributed by atoms with Crippen LogP contribution < -0.4 is 10.6 Å². The molecule has 1 aliphatic heterocycles. The van der Waals surface area contributed by atoms with E-state index in [1.54, 1.807) is 6.07 Å².